The molecule has 5 heteroatoms. The Morgan fingerprint density at radius 2 is 1.58 bits per heavy atom. The first-order valence-electron chi connectivity index (χ1n) is 8.16. The van der Waals surface area contributed by atoms with Gasteiger partial charge in [0.25, 0.3) is 0 Å². The molecular formula is C19H21N5. The van der Waals surface area contributed by atoms with Crippen LogP contribution in [0, 0.1) is 0 Å². The van der Waals surface area contributed by atoms with E-state index in [0.717, 1.165) is 35.7 Å². The van der Waals surface area contributed by atoms with Gasteiger partial charge in [-0.05, 0) is 24.1 Å². The second-order valence-electron chi connectivity index (χ2n) is 5.46. The number of hydrogen-bond acceptors (Lipinski definition) is 5. The minimum absolute atomic E-state index is 0.695. The van der Waals surface area contributed by atoms with Crippen LogP contribution in [0.3, 0.4) is 0 Å². The van der Waals surface area contributed by atoms with Crippen LogP contribution >= 0.6 is 0 Å². The van der Waals surface area contributed by atoms with Crippen LogP contribution in [-0.4, -0.2) is 21.5 Å². The summed E-state index contributed by atoms with van der Waals surface area (Å²) in [5.41, 5.74) is 2.16. The zero-order valence-corrected chi connectivity index (χ0v) is 13.7. The summed E-state index contributed by atoms with van der Waals surface area (Å²) in [6, 6.07) is 15.9. The van der Waals surface area contributed by atoms with Crippen molar-refractivity contribution in [3.8, 4) is 11.4 Å². The monoisotopic (exact) mass is 319 g/mol. The van der Waals surface area contributed by atoms with E-state index < -0.39 is 0 Å². The van der Waals surface area contributed by atoms with Crippen molar-refractivity contribution in [1.29, 1.82) is 0 Å². The topological polar surface area (TPSA) is 62.7 Å². The minimum atomic E-state index is 0.695. The molecule has 122 valence electrons. The lowest BCUT2D eigenvalue weighted by atomic mass is 10.2. The van der Waals surface area contributed by atoms with Crippen molar-refractivity contribution < 1.29 is 0 Å². The summed E-state index contributed by atoms with van der Waals surface area (Å²) in [7, 11) is 0. The molecule has 0 unspecified atom stereocenters. The van der Waals surface area contributed by atoms with Crippen LogP contribution in [0.2, 0.25) is 0 Å². The van der Waals surface area contributed by atoms with Crippen LogP contribution in [0.25, 0.3) is 11.4 Å². The van der Waals surface area contributed by atoms with Gasteiger partial charge in [0.1, 0.15) is 11.6 Å². The summed E-state index contributed by atoms with van der Waals surface area (Å²) in [5, 5.41) is 6.71. The zero-order valence-electron chi connectivity index (χ0n) is 13.7. The summed E-state index contributed by atoms with van der Waals surface area (Å²) in [4.78, 5) is 13.3. The third-order valence-corrected chi connectivity index (χ3v) is 3.54. The van der Waals surface area contributed by atoms with E-state index in [2.05, 4.69) is 32.5 Å². The average molecular weight is 319 g/mol. The number of hydrogen-bond donors (Lipinski definition) is 2. The highest BCUT2D eigenvalue weighted by Gasteiger charge is 2.06. The van der Waals surface area contributed by atoms with Gasteiger partial charge in [-0.1, -0.05) is 37.3 Å². The summed E-state index contributed by atoms with van der Waals surface area (Å²) >= 11 is 0. The Labute approximate surface area is 142 Å². The molecule has 0 saturated heterocycles. The molecule has 0 radical (unpaired) electrons. The van der Waals surface area contributed by atoms with Gasteiger partial charge in [0.2, 0.25) is 0 Å². The van der Waals surface area contributed by atoms with Gasteiger partial charge in [0, 0.05) is 37.1 Å². The maximum Gasteiger partial charge on any atom is 0.163 e. The van der Waals surface area contributed by atoms with E-state index in [1.165, 1.54) is 0 Å². The maximum absolute atomic E-state index is 4.65. The number of nitrogens with zero attached hydrogens (tertiary/aromatic N) is 3. The van der Waals surface area contributed by atoms with Crippen molar-refractivity contribution in [3.05, 3.63) is 66.5 Å². The van der Waals surface area contributed by atoms with Gasteiger partial charge in [-0.2, -0.15) is 0 Å². The van der Waals surface area contributed by atoms with E-state index in [1.807, 2.05) is 48.5 Å². The Kier molecular flexibility index (Phi) is 5.35. The number of nitrogens with one attached hydrogen (secondary N) is 2. The molecule has 2 N–H and O–H groups in total. The number of pyridine rings is 1. The Morgan fingerprint density at radius 1 is 0.875 bits per heavy atom. The fraction of sp³-hybridized carbons (Fsp3) is 0.211. The molecule has 3 aromatic rings. The number of rotatable bonds is 7. The molecule has 2 aromatic heterocycles. The smallest absolute Gasteiger partial charge is 0.163 e. The summed E-state index contributed by atoms with van der Waals surface area (Å²) in [6.45, 7) is 3.71. The molecule has 1 aromatic carbocycles. The quantitative estimate of drug-likeness (QED) is 0.690. The van der Waals surface area contributed by atoms with E-state index >= 15 is 0 Å². The standard InChI is InChI=1S/C19H21N5/c1-2-10-21-17-13-18(22-14-15-8-11-20-12-9-15)24-19(23-17)16-6-4-3-5-7-16/h3-9,11-13H,2,10,14H2,1H3,(H2,21,22,23,24). The molecule has 0 spiro atoms. The average Bonchev–Trinajstić information content (AvgIpc) is 2.66. The normalized spacial score (nSPS) is 10.4. The molecule has 0 atom stereocenters. The zero-order chi connectivity index (χ0) is 16.6. The van der Waals surface area contributed by atoms with Gasteiger partial charge in [-0.15, -0.1) is 0 Å². The first kappa shape index (κ1) is 15.9. The van der Waals surface area contributed by atoms with Crippen LogP contribution in [0.4, 0.5) is 11.6 Å². The van der Waals surface area contributed by atoms with Crippen molar-refractivity contribution in [3.63, 3.8) is 0 Å². The predicted molar refractivity (Wildman–Crippen MR) is 97.8 cm³/mol. The number of anilines is 2. The van der Waals surface area contributed by atoms with Gasteiger partial charge in [0.15, 0.2) is 5.82 Å². The highest BCUT2D eigenvalue weighted by atomic mass is 15.1. The lowest BCUT2D eigenvalue weighted by Crippen LogP contribution is -2.07. The Balaban J connectivity index is 1.84. The molecule has 3 rings (SSSR count). The van der Waals surface area contributed by atoms with Gasteiger partial charge in [-0.25, -0.2) is 9.97 Å². The molecule has 0 saturated carbocycles. The van der Waals surface area contributed by atoms with Gasteiger partial charge in [0.05, 0.1) is 0 Å². The largest absolute Gasteiger partial charge is 0.370 e. The van der Waals surface area contributed by atoms with E-state index in [-0.39, 0.29) is 0 Å². The molecular weight excluding hydrogens is 298 g/mol. The van der Waals surface area contributed by atoms with Gasteiger partial charge < -0.3 is 10.6 Å². The number of aromatic nitrogens is 3. The predicted octanol–water partition coefficient (Wildman–Crippen LogP) is 3.97. The molecule has 24 heavy (non-hydrogen) atoms. The second-order valence-corrected chi connectivity index (χ2v) is 5.46. The second kappa shape index (κ2) is 8.06. The summed E-state index contributed by atoms with van der Waals surface area (Å²) in [6.07, 6.45) is 4.63. The number of benzene rings is 1. The highest BCUT2D eigenvalue weighted by molar-refractivity contribution is 5.61. The van der Waals surface area contributed by atoms with Crippen molar-refractivity contribution in [2.75, 3.05) is 17.2 Å². The molecule has 0 bridgehead atoms. The van der Waals surface area contributed by atoms with Crippen LogP contribution < -0.4 is 10.6 Å². The van der Waals surface area contributed by atoms with Crippen molar-refractivity contribution in [2.24, 2.45) is 0 Å². The van der Waals surface area contributed by atoms with Crippen LogP contribution in [0.5, 0.6) is 0 Å². The summed E-state index contributed by atoms with van der Waals surface area (Å²) < 4.78 is 0. The molecule has 5 nitrogen and oxygen atoms in total. The van der Waals surface area contributed by atoms with Crippen molar-refractivity contribution in [1.82, 2.24) is 15.0 Å². The Bertz CT molecular complexity index is 759. The lowest BCUT2D eigenvalue weighted by Gasteiger charge is -2.11. The highest BCUT2D eigenvalue weighted by Crippen LogP contribution is 2.20. The fourth-order valence-corrected chi connectivity index (χ4v) is 2.29. The Hall–Kier alpha value is -2.95. The molecule has 0 aliphatic carbocycles. The maximum atomic E-state index is 4.65. The first-order valence-corrected chi connectivity index (χ1v) is 8.16. The van der Waals surface area contributed by atoms with Gasteiger partial charge in [-0.3, -0.25) is 4.98 Å². The van der Waals surface area contributed by atoms with Crippen molar-refractivity contribution >= 4 is 11.6 Å². The first-order chi connectivity index (χ1) is 11.8. The van der Waals surface area contributed by atoms with E-state index in [4.69, 9.17) is 0 Å². The van der Waals surface area contributed by atoms with Crippen LogP contribution in [-0.2, 0) is 6.54 Å². The van der Waals surface area contributed by atoms with Crippen LogP contribution in [0.15, 0.2) is 60.9 Å². The lowest BCUT2D eigenvalue weighted by molar-refractivity contribution is 0.964. The summed E-state index contributed by atoms with van der Waals surface area (Å²) in [5.74, 6) is 2.36. The van der Waals surface area contributed by atoms with E-state index in [1.54, 1.807) is 12.4 Å². The minimum Gasteiger partial charge on any atom is -0.370 e. The van der Waals surface area contributed by atoms with Gasteiger partial charge >= 0.3 is 0 Å². The SMILES string of the molecule is CCCNc1cc(NCc2ccncc2)nc(-c2ccccc2)n1. The van der Waals surface area contributed by atoms with Crippen LogP contribution in [0.1, 0.15) is 18.9 Å². The third-order valence-electron chi connectivity index (χ3n) is 3.54. The molecule has 0 aliphatic heterocycles. The molecule has 0 aliphatic rings. The van der Waals surface area contributed by atoms with E-state index in [0.29, 0.717) is 12.4 Å². The fourth-order valence-electron chi connectivity index (χ4n) is 2.29. The molecule has 0 amide bonds. The molecule has 0 fully saturated rings. The van der Waals surface area contributed by atoms with E-state index in [9.17, 15) is 0 Å². The third kappa shape index (κ3) is 4.29. The van der Waals surface area contributed by atoms with Crippen molar-refractivity contribution in [2.45, 2.75) is 19.9 Å². The Morgan fingerprint density at radius 3 is 2.29 bits per heavy atom. The molecule has 2 heterocycles.